The molecule has 7 rings (SSSR count). The van der Waals surface area contributed by atoms with Crippen LogP contribution in [0.15, 0.2) is 11.6 Å². The number of ketones is 1. The number of carbonyl (C=O) groups is 2. The van der Waals surface area contributed by atoms with Gasteiger partial charge in [0.25, 0.3) is 0 Å². The molecule has 57 heavy (non-hydrogen) atoms. The highest BCUT2D eigenvalue weighted by atomic mass is 32.1. The van der Waals surface area contributed by atoms with E-state index < -0.39 is 18.3 Å². The standard InChI is InChI=1S/C44H68N2O10S/c1-11-25-13-12-14-33(56-35-16-15-32(45-7)23(5)52-35)22(4)38(48)30-19-28-27-17-26(55-44-41(51-10)40(50-9)39(49-8)24(6)53-44)18-31(27)42-37(46-43(57-42)21(2)3)36(28)29(30)20-34(47)54-25/h19,21-29,31-33,35-36,39-41,44-45H,11-18,20H2,1-10H3/t22-,23?,24-,25+,26+,27+,28+,29-,31?,32+,33+,35+,36?,39+,40?,41?,44+/m1/s1. The summed E-state index contributed by atoms with van der Waals surface area (Å²) in [7, 11) is 6.96. The number of nitrogens with zero attached hydrogens (tertiary/aromatic N) is 1. The second-order valence-electron chi connectivity index (χ2n) is 17.8. The molecule has 0 spiro atoms. The summed E-state index contributed by atoms with van der Waals surface area (Å²) in [5, 5.41) is 4.44. The van der Waals surface area contributed by atoms with E-state index in [4.69, 9.17) is 42.9 Å². The fraction of sp³-hybridized carbons (Fsp3) is 0.841. The molecule has 12 nitrogen and oxygen atoms in total. The van der Waals surface area contributed by atoms with Gasteiger partial charge in [-0.1, -0.05) is 33.8 Å². The fourth-order valence-corrected chi connectivity index (χ4v) is 12.4. The van der Waals surface area contributed by atoms with Crippen molar-refractivity contribution in [3.63, 3.8) is 0 Å². The molecule has 5 unspecified atom stereocenters. The second kappa shape index (κ2) is 18.4. The van der Waals surface area contributed by atoms with Crippen molar-refractivity contribution in [1.29, 1.82) is 0 Å². The lowest BCUT2D eigenvalue weighted by Crippen LogP contribution is -2.59. The van der Waals surface area contributed by atoms with Crippen LogP contribution in [0.2, 0.25) is 0 Å². The number of cyclic esters (lactones) is 1. The van der Waals surface area contributed by atoms with E-state index >= 15 is 4.79 Å². The molecule has 17 atom stereocenters. The third kappa shape index (κ3) is 8.58. The average Bonchev–Trinajstić information content (AvgIpc) is 3.91. The number of fused-ring (bicyclic) bond motifs is 8. The molecule has 1 saturated carbocycles. The summed E-state index contributed by atoms with van der Waals surface area (Å²) in [6.07, 6.45) is 5.65. The minimum Gasteiger partial charge on any atom is -0.462 e. The van der Waals surface area contributed by atoms with Gasteiger partial charge in [0.05, 0.1) is 41.5 Å². The number of carbonyl (C=O) groups excluding carboxylic acids is 2. The molecule has 0 aromatic carbocycles. The van der Waals surface area contributed by atoms with E-state index in [-0.39, 0.29) is 109 Å². The first kappa shape index (κ1) is 43.3. The molecule has 0 amide bonds. The van der Waals surface area contributed by atoms with Crippen LogP contribution in [-0.2, 0) is 47.5 Å². The van der Waals surface area contributed by atoms with E-state index in [0.717, 1.165) is 61.2 Å². The minimum absolute atomic E-state index is 0.00673. The molecular weight excluding hydrogens is 749 g/mol. The lowest BCUT2D eigenvalue weighted by molar-refractivity contribution is -0.314. The zero-order valence-electron chi connectivity index (χ0n) is 35.8. The average molecular weight is 817 g/mol. The summed E-state index contributed by atoms with van der Waals surface area (Å²) in [6, 6.07) is 0.273. The van der Waals surface area contributed by atoms with E-state index in [9.17, 15) is 4.79 Å². The number of rotatable bonds is 10. The molecule has 0 bridgehead atoms. The number of aromatic nitrogens is 1. The molecule has 6 aliphatic rings. The van der Waals surface area contributed by atoms with E-state index in [2.05, 4.69) is 39.1 Å². The quantitative estimate of drug-likeness (QED) is 0.249. The highest BCUT2D eigenvalue weighted by Gasteiger charge is 2.57. The number of nitrogens with one attached hydrogen (secondary N) is 1. The molecule has 0 radical (unpaired) electrons. The van der Waals surface area contributed by atoms with Crippen molar-refractivity contribution in [2.24, 2.45) is 23.7 Å². The van der Waals surface area contributed by atoms with Crippen molar-refractivity contribution < 1.29 is 47.5 Å². The Bertz CT molecular complexity index is 1590. The number of methoxy groups -OCH3 is 3. The Kier molecular flexibility index (Phi) is 14.0. The maximum atomic E-state index is 15.0. The summed E-state index contributed by atoms with van der Waals surface area (Å²) in [4.78, 5) is 35.6. The normalized spacial score (nSPS) is 42.6. The first-order valence-electron chi connectivity index (χ1n) is 21.7. The van der Waals surface area contributed by atoms with Crippen molar-refractivity contribution in [2.45, 2.75) is 185 Å². The van der Waals surface area contributed by atoms with Crippen molar-refractivity contribution in [2.75, 3.05) is 28.4 Å². The van der Waals surface area contributed by atoms with Gasteiger partial charge in [-0.3, -0.25) is 9.59 Å². The molecule has 3 saturated heterocycles. The van der Waals surface area contributed by atoms with Crippen molar-refractivity contribution in [3.8, 4) is 0 Å². The summed E-state index contributed by atoms with van der Waals surface area (Å²) in [6.45, 7) is 12.5. The first-order chi connectivity index (χ1) is 27.4. The topological polar surface area (TPSA) is 133 Å². The van der Waals surface area contributed by atoms with Crippen LogP contribution >= 0.6 is 11.3 Å². The van der Waals surface area contributed by atoms with Gasteiger partial charge in [0.15, 0.2) is 18.4 Å². The molecule has 320 valence electrons. The second-order valence-corrected chi connectivity index (χ2v) is 18.9. The maximum Gasteiger partial charge on any atom is 0.306 e. The predicted octanol–water partition coefficient (Wildman–Crippen LogP) is 6.80. The van der Waals surface area contributed by atoms with Crippen molar-refractivity contribution in [3.05, 3.63) is 27.2 Å². The molecule has 3 aliphatic heterocycles. The van der Waals surface area contributed by atoms with Gasteiger partial charge in [-0.25, -0.2) is 4.98 Å². The van der Waals surface area contributed by atoms with Gasteiger partial charge < -0.3 is 43.2 Å². The fourth-order valence-electron chi connectivity index (χ4n) is 11.0. The Hall–Kier alpha value is -1.81. The number of esters is 1. The van der Waals surface area contributed by atoms with Gasteiger partial charge in [0, 0.05) is 61.8 Å². The monoisotopic (exact) mass is 816 g/mol. The van der Waals surface area contributed by atoms with Crippen LogP contribution in [0.4, 0.5) is 0 Å². The highest BCUT2D eigenvalue weighted by molar-refractivity contribution is 7.12. The van der Waals surface area contributed by atoms with E-state index in [1.165, 1.54) is 4.88 Å². The van der Waals surface area contributed by atoms with Crippen LogP contribution in [0.3, 0.4) is 0 Å². The Morgan fingerprint density at radius 1 is 0.912 bits per heavy atom. The van der Waals surface area contributed by atoms with Crippen molar-refractivity contribution in [1.82, 2.24) is 10.3 Å². The SMILES string of the molecule is CC[C@H]1CCC[C@H](O[C@H]2CC[C@H](NC)C(C)O2)[C@@H](C)C(=O)C2=C[C@@H]3C(c4nc(C(C)C)sc4C4C[C@@H](O[C@@H]5O[C@H](C)[C@H](OC)C(OC)C5OC)C[C@H]43)[C@@H]2CC(=O)O1. The molecule has 4 heterocycles. The summed E-state index contributed by atoms with van der Waals surface area (Å²) in [5.74, 6) is -0.365. The van der Waals surface area contributed by atoms with Gasteiger partial charge in [0.2, 0.25) is 0 Å². The lowest BCUT2D eigenvalue weighted by atomic mass is 9.67. The molecule has 13 heteroatoms. The van der Waals surface area contributed by atoms with E-state index in [0.29, 0.717) is 6.42 Å². The van der Waals surface area contributed by atoms with Gasteiger partial charge in [-0.05, 0) is 89.7 Å². The van der Waals surface area contributed by atoms with Crippen LogP contribution in [0.5, 0.6) is 0 Å². The molecular formula is C44H68N2O10S. The van der Waals surface area contributed by atoms with Gasteiger partial charge >= 0.3 is 5.97 Å². The number of Topliss-reactive ketones (excluding diaryl/α,β-unsaturated/α-hetero) is 1. The predicted molar refractivity (Wildman–Crippen MR) is 215 cm³/mol. The smallest absolute Gasteiger partial charge is 0.306 e. The number of hydrogen-bond donors (Lipinski definition) is 1. The number of ether oxygens (including phenoxy) is 8. The summed E-state index contributed by atoms with van der Waals surface area (Å²) in [5.41, 5.74) is 1.78. The van der Waals surface area contributed by atoms with Gasteiger partial charge in [-0.2, -0.15) is 0 Å². The third-order valence-electron chi connectivity index (χ3n) is 14.2. The zero-order chi connectivity index (χ0) is 40.7. The van der Waals surface area contributed by atoms with Crippen LogP contribution in [0.1, 0.15) is 133 Å². The number of thiazole rings is 1. The highest BCUT2D eigenvalue weighted by Crippen LogP contribution is 2.62. The Labute approximate surface area is 343 Å². The van der Waals surface area contributed by atoms with Crippen LogP contribution in [0.25, 0.3) is 0 Å². The molecule has 4 fully saturated rings. The van der Waals surface area contributed by atoms with Gasteiger partial charge in [0.1, 0.15) is 24.4 Å². The maximum absolute atomic E-state index is 15.0. The first-order valence-corrected chi connectivity index (χ1v) is 22.6. The number of hydrogen-bond acceptors (Lipinski definition) is 13. The van der Waals surface area contributed by atoms with Crippen LogP contribution < -0.4 is 5.32 Å². The molecule has 1 aromatic heterocycles. The Morgan fingerprint density at radius 3 is 2.33 bits per heavy atom. The Balaban J connectivity index is 1.21. The number of allylic oxidation sites excluding steroid dienone is 2. The number of likely N-dealkylation sites (N-methyl/N-ethyl adjacent to an activating group) is 1. The largest absolute Gasteiger partial charge is 0.462 e. The van der Waals surface area contributed by atoms with E-state index in [1.54, 1.807) is 32.7 Å². The summed E-state index contributed by atoms with van der Waals surface area (Å²) >= 11 is 1.80. The van der Waals surface area contributed by atoms with Crippen molar-refractivity contribution >= 4 is 23.1 Å². The van der Waals surface area contributed by atoms with Crippen LogP contribution in [-0.4, -0.2) is 113 Å². The summed E-state index contributed by atoms with van der Waals surface area (Å²) < 4.78 is 50.2. The molecule has 1 aromatic rings. The Morgan fingerprint density at radius 2 is 1.67 bits per heavy atom. The zero-order valence-corrected chi connectivity index (χ0v) is 36.6. The third-order valence-corrected chi connectivity index (χ3v) is 15.7. The minimum atomic E-state index is -0.632. The van der Waals surface area contributed by atoms with Gasteiger partial charge in [-0.15, -0.1) is 11.3 Å². The van der Waals surface area contributed by atoms with E-state index in [1.807, 2.05) is 20.9 Å². The lowest BCUT2D eigenvalue weighted by Gasteiger charge is -2.44. The van der Waals surface area contributed by atoms with Crippen LogP contribution in [0, 0.1) is 23.7 Å². The molecule has 1 N–H and O–H groups in total. The molecule has 3 aliphatic carbocycles.